The predicted octanol–water partition coefficient (Wildman–Crippen LogP) is 3.53. The van der Waals surface area contributed by atoms with E-state index in [1.54, 1.807) is 12.1 Å². The summed E-state index contributed by atoms with van der Waals surface area (Å²) in [5.74, 6) is 0.666. The molecule has 0 saturated heterocycles. The third-order valence-corrected chi connectivity index (χ3v) is 3.96. The second kappa shape index (κ2) is 4.86. The number of halogens is 1. The normalized spacial score (nSPS) is 15.7. The van der Waals surface area contributed by atoms with Crippen LogP contribution >= 0.6 is 11.6 Å². The lowest BCUT2D eigenvalue weighted by atomic mass is 9.98. The van der Waals surface area contributed by atoms with Crippen LogP contribution in [-0.2, 0) is 6.54 Å². The molecule has 0 atom stereocenters. The summed E-state index contributed by atoms with van der Waals surface area (Å²) in [5.41, 5.74) is 0.659. The molecule has 0 aromatic heterocycles. The Morgan fingerprint density at radius 3 is 2.72 bits per heavy atom. The third kappa shape index (κ3) is 2.82. The fourth-order valence-electron chi connectivity index (χ4n) is 2.16. The Labute approximate surface area is 111 Å². The maximum atomic E-state index is 11.0. The first-order valence-electron chi connectivity index (χ1n) is 6.08. The highest BCUT2D eigenvalue weighted by Crippen LogP contribution is 2.39. The predicted molar refractivity (Wildman–Crippen MR) is 71.7 cm³/mol. The number of nitro groups is 1. The maximum Gasteiger partial charge on any atom is 0.275 e. The first-order valence-corrected chi connectivity index (χ1v) is 6.46. The molecule has 1 aromatic rings. The molecule has 18 heavy (non-hydrogen) atoms. The monoisotopic (exact) mass is 268 g/mol. The highest BCUT2D eigenvalue weighted by Gasteiger charge is 2.37. The SMILES string of the molecule is CC(C)(NCc1c(Cl)cccc1[N+](=O)[O-])C1CC1. The van der Waals surface area contributed by atoms with E-state index in [0.29, 0.717) is 23.0 Å². The summed E-state index contributed by atoms with van der Waals surface area (Å²) in [4.78, 5) is 10.6. The van der Waals surface area contributed by atoms with Crippen molar-refractivity contribution in [2.45, 2.75) is 38.8 Å². The van der Waals surface area contributed by atoms with Gasteiger partial charge in [0.1, 0.15) is 0 Å². The Bertz CT molecular complexity index is 470. The zero-order chi connectivity index (χ0) is 13.3. The summed E-state index contributed by atoms with van der Waals surface area (Å²) in [7, 11) is 0. The Morgan fingerprint density at radius 1 is 1.50 bits per heavy atom. The Balaban J connectivity index is 2.15. The minimum atomic E-state index is -0.382. The Kier molecular flexibility index (Phi) is 3.59. The summed E-state index contributed by atoms with van der Waals surface area (Å²) in [6, 6.07) is 4.79. The van der Waals surface area contributed by atoms with Gasteiger partial charge in [-0.1, -0.05) is 17.7 Å². The molecule has 1 saturated carbocycles. The Morgan fingerprint density at radius 2 is 2.17 bits per heavy atom. The lowest BCUT2D eigenvalue weighted by Crippen LogP contribution is -2.40. The molecule has 98 valence electrons. The van der Waals surface area contributed by atoms with Crippen LogP contribution < -0.4 is 5.32 Å². The second-order valence-corrected chi connectivity index (χ2v) is 5.75. The van der Waals surface area contributed by atoms with Crippen molar-refractivity contribution < 1.29 is 4.92 Å². The summed E-state index contributed by atoms with van der Waals surface area (Å²) in [6.45, 7) is 4.69. The summed E-state index contributed by atoms with van der Waals surface area (Å²) in [5, 5.41) is 14.8. The van der Waals surface area contributed by atoms with Gasteiger partial charge in [-0.15, -0.1) is 0 Å². The van der Waals surface area contributed by atoms with Crippen LogP contribution in [0.1, 0.15) is 32.3 Å². The lowest BCUT2D eigenvalue weighted by molar-refractivity contribution is -0.385. The van der Waals surface area contributed by atoms with Crippen LogP contribution in [0.4, 0.5) is 5.69 Å². The van der Waals surface area contributed by atoms with Gasteiger partial charge in [0.05, 0.1) is 15.5 Å². The first kappa shape index (κ1) is 13.3. The van der Waals surface area contributed by atoms with Gasteiger partial charge in [-0.2, -0.15) is 0 Å². The molecule has 1 aromatic carbocycles. The van der Waals surface area contributed by atoms with Gasteiger partial charge in [0, 0.05) is 18.2 Å². The van der Waals surface area contributed by atoms with E-state index in [1.165, 1.54) is 18.9 Å². The third-order valence-electron chi connectivity index (χ3n) is 3.61. The molecule has 0 aliphatic heterocycles. The quantitative estimate of drug-likeness (QED) is 0.657. The molecular formula is C13H17ClN2O2. The fourth-order valence-corrected chi connectivity index (χ4v) is 2.40. The second-order valence-electron chi connectivity index (χ2n) is 5.34. The van der Waals surface area contributed by atoms with Crippen molar-refractivity contribution >= 4 is 17.3 Å². The van der Waals surface area contributed by atoms with Gasteiger partial charge in [-0.25, -0.2) is 0 Å². The zero-order valence-corrected chi connectivity index (χ0v) is 11.3. The highest BCUT2D eigenvalue weighted by atomic mass is 35.5. The van der Waals surface area contributed by atoms with Crippen molar-refractivity contribution in [3.8, 4) is 0 Å². The van der Waals surface area contributed by atoms with Gasteiger partial charge in [0.15, 0.2) is 0 Å². The zero-order valence-electron chi connectivity index (χ0n) is 10.6. The molecule has 0 amide bonds. The van der Waals surface area contributed by atoms with E-state index < -0.39 is 0 Å². The van der Waals surface area contributed by atoms with Crippen molar-refractivity contribution in [3.63, 3.8) is 0 Å². The van der Waals surface area contributed by atoms with E-state index in [9.17, 15) is 10.1 Å². The molecule has 1 fully saturated rings. The number of nitro benzene ring substituents is 1. The molecule has 1 aliphatic carbocycles. The Hall–Kier alpha value is -1.13. The van der Waals surface area contributed by atoms with E-state index in [4.69, 9.17) is 11.6 Å². The molecular weight excluding hydrogens is 252 g/mol. The van der Waals surface area contributed by atoms with Crippen molar-refractivity contribution in [2.24, 2.45) is 5.92 Å². The molecule has 0 bridgehead atoms. The van der Waals surface area contributed by atoms with Gasteiger partial charge in [-0.3, -0.25) is 10.1 Å². The minimum absolute atomic E-state index is 0.00698. The number of rotatable bonds is 5. The molecule has 5 heteroatoms. The summed E-state index contributed by atoms with van der Waals surface area (Å²) >= 11 is 6.05. The van der Waals surface area contributed by atoms with Crippen molar-refractivity contribution in [1.82, 2.24) is 5.32 Å². The summed E-state index contributed by atoms with van der Waals surface area (Å²) < 4.78 is 0. The van der Waals surface area contributed by atoms with Crippen LogP contribution in [0, 0.1) is 16.0 Å². The van der Waals surface area contributed by atoms with Gasteiger partial charge < -0.3 is 5.32 Å². The standard InChI is InChI=1S/C13H17ClN2O2/c1-13(2,9-6-7-9)15-8-10-11(14)4-3-5-12(10)16(17)18/h3-5,9,15H,6-8H2,1-2H3. The lowest BCUT2D eigenvalue weighted by Gasteiger charge is -2.26. The van der Waals surface area contributed by atoms with Crippen LogP contribution in [0.25, 0.3) is 0 Å². The maximum absolute atomic E-state index is 11.0. The number of hydrogen-bond donors (Lipinski definition) is 1. The number of nitrogens with zero attached hydrogens (tertiary/aromatic N) is 1. The molecule has 4 nitrogen and oxygen atoms in total. The van der Waals surface area contributed by atoms with Crippen LogP contribution in [0.15, 0.2) is 18.2 Å². The van der Waals surface area contributed by atoms with Crippen molar-refractivity contribution in [2.75, 3.05) is 0 Å². The van der Waals surface area contributed by atoms with Crippen LogP contribution in [0.5, 0.6) is 0 Å². The molecule has 1 N–H and O–H groups in total. The molecule has 0 spiro atoms. The van der Waals surface area contributed by atoms with E-state index in [0.717, 1.165) is 0 Å². The van der Waals surface area contributed by atoms with E-state index in [2.05, 4.69) is 19.2 Å². The van der Waals surface area contributed by atoms with Gasteiger partial charge in [-0.05, 0) is 38.7 Å². The number of benzene rings is 1. The van der Waals surface area contributed by atoms with Crippen molar-refractivity contribution in [3.05, 3.63) is 38.9 Å². The number of hydrogen-bond acceptors (Lipinski definition) is 3. The fraction of sp³-hybridized carbons (Fsp3) is 0.538. The van der Waals surface area contributed by atoms with Crippen molar-refractivity contribution in [1.29, 1.82) is 0 Å². The first-order chi connectivity index (χ1) is 8.42. The average Bonchev–Trinajstić information content (AvgIpc) is 3.10. The van der Waals surface area contributed by atoms with E-state index in [1.807, 2.05) is 0 Å². The molecule has 1 aliphatic rings. The molecule has 0 radical (unpaired) electrons. The van der Waals surface area contributed by atoms with Gasteiger partial charge in [0.2, 0.25) is 0 Å². The largest absolute Gasteiger partial charge is 0.307 e. The van der Waals surface area contributed by atoms with E-state index in [-0.39, 0.29) is 16.1 Å². The van der Waals surface area contributed by atoms with Crippen LogP contribution in [0.2, 0.25) is 5.02 Å². The molecule has 0 unspecified atom stereocenters. The van der Waals surface area contributed by atoms with E-state index >= 15 is 0 Å². The topological polar surface area (TPSA) is 55.2 Å². The van der Waals surface area contributed by atoms with Gasteiger partial charge in [0.25, 0.3) is 5.69 Å². The smallest absolute Gasteiger partial charge is 0.275 e. The highest BCUT2D eigenvalue weighted by molar-refractivity contribution is 6.31. The minimum Gasteiger partial charge on any atom is -0.307 e. The van der Waals surface area contributed by atoms with Crippen LogP contribution in [0.3, 0.4) is 0 Å². The summed E-state index contributed by atoms with van der Waals surface area (Å²) in [6.07, 6.45) is 2.45. The molecule has 2 rings (SSSR count). The average molecular weight is 269 g/mol. The molecule has 0 heterocycles. The van der Waals surface area contributed by atoms with Gasteiger partial charge >= 0.3 is 0 Å². The number of nitrogens with one attached hydrogen (secondary N) is 1. The van der Waals surface area contributed by atoms with Crippen LogP contribution in [-0.4, -0.2) is 10.5 Å².